The van der Waals surface area contributed by atoms with Crippen molar-refractivity contribution >= 4 is 19.8 Å². The summed E-state index contributed by atoms with van der Waals surface area (Å²) in [6.07, 6.45) is 39.3. The molecule has 0 radical (unpaired) electrons. The van der Waals surface area contributed by atoms with Crippen molar-refractivity contribution in [3.05, 3.63) is 12.2 Å². The molecule has 0 spiro atoms. The van der Waals surface area contributed by atoms with E-state index in [0.29, 0.717) is 6.42 Å². The van der Waals surface area contributed by atoms with Crippen LogP contribution in [0.1, 0.15) is 213 Å². The number of unbranched alkanes of at least 4 members (excludes halogenated alkanes) is 26. The number of carbonyl (C=O) groups is 2. The number of phosphoric acid groups is 1. The van der Waals surface area contributed by atoms with E-state index in [2.05, 4.69) is 30.5 Å². The number of carbonyl (C=O) groups excluding carboxylic acids is 2. The van der Waals surface area contributed by atoms with Gasteiger partial charge in [0.25, 0.3) is 0 Å². The Morgan fingerprint density at radius 3 is 1.24 bits per heavy atom. The summed E-state index contributed by atoms with van der Waals surface area (Å²) in [5.74, 6) is -0.878. The highest BCUT2D eigenvalue weighted by atomic mass is 31.2. The first-order valence-electron chi connectivity index (χ1n) is 20.5. The van der Waals surface area contributed by atoms with E-state index in [9.17, 15) is 14.2 Å². The van der Waals surface area contributed by atoms with Crippen LogP contribution in [-0.2, 0) is 28.2 Å². The number of hydrogen-bond acceptors (Lipinski definition) is 6. The maximum Gasteiger partial charge on any atom is 0.469 e. The Kier molecular flexibility index (Phi) is 35.7. The lowest BCUT2D eigenvalue weighted by molar-refractivity contribution is -0.161. The molecule has 0 heterocycles. The average molecular weight is 717 g/mol. The standard InChI is InChI=1S/C40H77O8P/c1-3-5-7-9-11-13-15-17-18-19-20-21-22-23-25-26-28-30-32-34-39(41)46-36-38(37-47-49(43,44)45)48-40(42)35-33-31-29-27-24-16-14-12-10-8-6-4-2/h17-18,38H,3-16,19-37H2,1-2H3,(H2,43,44,45)/b18-17+/t38-/m1/s1. The van der Waals surface area contributed by atoms with E-state index >= 15 is 0 Å². The van der Waals surface area contributed by atoms with Gasteiger partial charge in [0.2, 0.25) is 0 Å². The molecular weight excluding hydrogens is 639 g/mol. The Morgan fingerprint density at radius 2 is 0.857 bits per heavy atom. The minimum Gasteiger partial charge on any atom is -0.462 e. The second-order valence-corrected chi connectivity index (χ2v) is 15.2. The lowest BCUT2D eigenvalue weighted by Crippen LogP contribution is -2.29. The van der Waals surface area contributed by atoms with Gasteiger partial charge >= 0.3 is 19.8 Å². The van der Waals surface area contributed by atoms with Crippen LogP contribution in [0.3, 0.4) is 0 Å². The van der Waals surface area contributed by atoms with Gasteiger partial charge in [-0.1, -0.05) is 174 Å². The van der Waals surface area contributed by atoms with Crippen LogP contribution < -0.4 is 0 Å². The van der Waals surface area contributed by atoms with Crippen LogP contribution in [0.2, 0.25) is 0 Å². The number of phosphoric ester groups is 1. The number of rotatable bonds is 38. The van der Waals surface area contributed by atoms with Crippen LogP contribution in [0.25, 0.3) is 0 Å². The monoisotopic (exact) mass is 717 g/mol. The molecule has 0 fully saturated rings. The Labute approximate surface area is 301 Å². The molecule has 0 unspecified atom stereocenters. The highest BCUT2D eigenvalue weighted by molar-refractivity contribution is 7.46. The minimum atomic E-state index is -4.74. The summed E-state index contributed by atoms with van der Waals surface area (Å²) < 4.78 is 26.3. The molecule has 0 aromatic carbocycles. The molecule has 0 aliphatic rings. The molecule has 0 bridgehead atoms. The lowest BCUT2D eigenvalue weighted by Gasteiger charge is -2.18. The third-order valence-corrected chi connectivity index (χ3v) is 9.52. The molecule has 290 valence electrons. The predicted molar refractivity (Wildman–Crippen MR) is 202 cm³/mol. The average Bonchev–Trinajstić information content (AvgIpc) is 3.07. The van der Waals surface area contributed by atoms with Crippen molar-refractivity contribution in [1.82, 2.24) is 0 Å². The third-order valence-electron chi connectivity index (χ3n) is 9.03. The Balaban J connectivity index is 3.86. The van der Waals surface area contributed by atoms with Crippen molar-refractivity contribution in [3.63, 3.8) is 0 Å². The van der Waals surface area contributed by atoms with Crippen LogP contribution >= 0.6 is 7.82 Å². The quantitative estimate of drug-likeness (QED) is 0.0280. The maximum absolute atomic E-state index is 12.4. The predicted octanol–water partition coefficient (Wildman–Crippen LogP) is 12.2. The van der Waals surface area contributed by atoms with Crippen LogP contribution in [0.4, 0.5) is 0 Å². The van der Waals surface area contributed by atoms with Gasteiger partial charge in [-0.2, -0.15) is 0 Å². The molecular formula is C40H77O8P. The van der Waals surface area contributed by atoms with Gasteiger partial charge in [-0.05, 0) is 38.5 Å². The molecule has 0 rings (SSSR count). The molecule has 1 atom stereocenters. The van der Waals surface area contributed by atoms with Gasteiger partial charge in [0.05, 0.1) is 6.61 Å². The van der Waals surface area contributed by atoms with E-state index in [1.807, 2.05) is 0 Å². The summed E-state index contributed by atoms with van der Waals surface area (Å²) in [6.45, 7) is 3.69. The van der Waals surface area contributed by atoms with Gasteiger partial charge in [0.1, 0.15) is 6.61 Å². The molecule has 0 amide bonds. The second-order valence-electron chi connectivity index (χ2n) is 14.0. The van der Waals surface area contributed by atoms with Crippen molar-refractivity contribution in [2.75, 3.05) is 13.2 Å². The van der Waals surface area contributed by atoms with Gasteiger partial charge in [0, 0.05) is 12.8 Å². The van der Waals surface area contributed by atoms with E-state index in [-0.39, 0.29) is 19.4 Å². The van der Waals surface area contributed by atoms with Crippen LogP contribution in [0.15, 0.2) is 12.2 Å². The zero-order valence-corrected chi connectivity index (χ0v) is 32.8. The van der Waals surface area contributed by atoms with Gasteiger partial charge in [-0.3, -0.25) is 14.1 Å². The Morgan fingerprint density at radius 1 is 0.510 bits per heavy atom. The van der Waals surface area contributed by atoms with Crippen LogP contribution in [0, 0.1) is 0 Å². The molecule has 0 aromatic rings. The molecule has 0 saturated heterocycles. The van der Waals surface area contributed by atoms with Crippen molar-refractivity contribution in [2.24, 2.45) is 0 Å². The van der Waals surface area contributed by atoms with Crippen molar-refractivity contribution in [1.29, 1.82) is 0 Å². The fraction of sp³-hybridized carbons (Fsp3) is 0.900. The largest absolute Gasteiger partial charge is 0.469 e. The number of ether oxygens (including phenoxy) is 2. The molecule has 0 aromatic heterocycles. The smallest absolute Gasteiger partial charge is 0.462 e. The van der Waals surface area contributed by atoms with Gasteiger partial charge in [-0.15, -0.1) is 0 Å². The summed E-state index contributed by atoms with van der Waals surface area (Å²) in [5, 5.41) is 0. The summed E-state index contributed by atoms with van der Waals surface area (Å²) in [4.78, 5) is 42.7. The Hall–Kier alpha value is -1.21. The second kappa shape index (κ2) is 36.6. The van der Waals surface area contributed by atoms with E-state index in [1.165, 1.54) is 141 Å². The number of hydrogen-bond donors (Lipinski definition) is 2. The molecule has 8 nitrogen and oxygen atoms in total. The third kappa shape index (κ3) is 39.4. The van der Waals surface area contributed by atoms with Crippen molar-refractivity contribution in [2.45, 2.75) is 219 Å². The van der Waals surface area contributed by atoms with Gasteiger partial charge in [-0.25, -0.2) is 4.57 Å². The zero-order chi connectivity index (χ0) is 36.1. The zero-order valence-electron chi connectivity index (χ0n) is 31.9. The minimum absolute atomic E-state index is 0.217. The van der Waals surface area contributed by atoms with Crippen molar-refractivity contribution in [3.8, 4) is 0 Å². The summed E-state index contributed by atoms with van der Waals surface area (Å²) in [6, 6.07) is 0. The summed E-state index contributed by atoms with van der Waals surface area (Å²) in [7, 11) is -4.74. The molecule has 49 heavy (non-hydrogen) atoms. The number of allylic oxidation sites excluding steroid dienone is 2. The van der Waals surface area contributed by atoms with Crippen LogP contribution in [0.5, 0.6) is 0 Å². The van der Waals surface area contributed by atoms with Crippen LogP contribution in [-0.4, -0.2) is 41.0 Å². The van der Waals surface area contributed by atoms with E-state index in [0.717, 1.165) is 38.5 Å². The Bertz CT molecular complexity index is 812. The lowest BCUT2D eigenvalue weighted by atomic mass is 10.0. The van der Waals surface area contributed by atoms with E-state index in [1.54, 1.807) is 0 Å². The SMILES string of the molecule is CCCCCCCC/C=C/CCCCCCCCCCCC(=O)OC[C@H](COP(=O)(O)O)OC(=O)CCCCCCCCCCCCCC. The maximum atomic E-state index is 12.4. The molecule has 0 aliphatic heterocycles. The van der Waals surface area contributed by atoms with E-state index in [4.69, 9.17) is 19.3 Å². The highest BCUT2D eigenvalue weighted by Crippen LogP contribution is 2.36. The first kappa shape index (κ1) is 47.8. The molecule has 9 heteroatoms. The van der Waals surface area contributed by atoms with Gasteiger partial charge < -0.3 is 19.3 Å². The fourth-order valence-electron chi connectivity index (χ4n) is 5.96. The van der Waals surface area contributed by atoms with Gasteiger partial charge in [0.15, 0.2) is 6.10 Å². The van der Waals surface area contributed by atoms with E-state index < -0.39 is 32.5 Å². The summed E-state index contributed by atoms with van der Waals surface area (Å²) in [5.41, 5.74) is 0. The number of esters is 2. The first-order valence-corrected chi connectivity index (χ1v) is 22.0. The molecule has 2 N–H and O–H groups in total. The fourth-order valence-corrected chi connectivity index (χ4v) is 6.32. The van der Waals surface area contributed by atoms with Crippen molar-refractivity contribution < 1.29 is 37.9 Å². The first-order chi connectivity index (χ1) is 23.8. The molecule has 0 aliphatic carbocycles. The normalized spacial score (nSPS) is 12.5. The summed E-state index contributed by atoms with van der Waals surface area (Å²) >= 11 is 0. The highest BCUT2D eigenvalue weighted by Gasteiger charge is 2.22. The molecule has 0 saturated carbocycles. The topological polar surface area (TPSA) is 119 Å².